The Bertz CT molecular complexity index is 815. The van der Waals surface area contributed by atoms with E-state index < -0.39 is 0 Å². The molecule has 2 aromatic rings. The maximum Gasteiger partial charge on any atom is 0.321 e. The molecule has 0 saturated carbocycles. The zero-order valence-electron chi connectivity index (χ0n) is 13.1. The Kier molecular flexibility index (Phi) is 4.43. The van der Waals surface area contributed by atoms with Crippen molar-refractivity contribution in [1.29, 1.82) is 0 Å². The lowest BCUT2D eigenvalue weighted by Crippen LogP contribution is -2.27. The van der Waals surface area contributed by atoms with Gasteiger partial charge in [0, 0.05) is 31.4 Å². The van der Waals surface area contributed by atoms with Gasteiger partial charge in [-0.05, 0) is 24.3 Å². The fourth-order valence-corrected chi connectivity index (χ4v) is 2.26. The lowest BCUT2D eigenvalue weighted by atomic mass is 10.2. The van der Waals surface area contributed by atoms with E-state index in [2.05, 4.69) is 32.8 Å². The van der Waals surface area contributed by atoms with Gasteiger partial charge in [-0.2, -0.15) is 0 Å². The van der Waals surface area contributed by atoms with E-state index in [0.717, 1.165) is 11.3 Å². The molecular weight excluding hydrogens is 308 g/mol. The van der Waals surface area contributed by atoms with Crippen LogP contribution in [0.4, 0.5) is 10.5 Å². The molecule has 0 atom stereocenters. The number of hydrogen-bond acceptors (Lipinski definition) is 4. The molecule has 1 aromatic heterocycles. The maximum atomic E-state index is 11.8. The topological polar surface area (TPSA) is 92.2 Å². The minimum absolute atomic E-state index is 0.0828. The van der Waals surface area contributed by atoms with Gasteiger partial charge in [0.1, 0.15) is 0 Å². The second kappa shape index (κ2) is 6.83. The molecule has 0 bridgehead atoms. The van der Waals surface area contributed by atoms with Gasteiger partial charge in [0.05, 0.1) is 12.7 Å². The van der Waals surface area contributed by atoms with E-state index in [0.29, 0.717) is 13.1 Å². The minimum atomic E-state index is -0.312. The van der Waals surface area contributed by atoms with Gasteiger partial charge < -0.3 is 10.6 Å². The summed E-state index contributed by atoms with van der Waals surface area (Å²) in [7, 11) is 1.69. The van der Waals surface area contributed by atoms with Gasteiger partial charge in [-0.25, -0.2) is 4.79 Å². The molecule has 1 aliphatic rings. The number of anilines is 1. The first-order valence-corrected chi connectivity index (χ1v) is 7.42. The summed E-state index contributed by atoms with van der Waals surface area (Å²) in [6.07, 6.45) is 1.54. The fourth-order valence-electron chi connectivity index (χ4n) is 2.26. The predicted molar refractivity (Wildman–Crippen MR) is 87.4 cm³/mol. The van der Waals surface area contributed by atoms with E-state index in [1.807, 2.05) is 24.3 Å². The Balaban J connectivity index is 1.54. The first-order chi connectivity index (χ1) is 11.6. The number of aryl methyl sites for hydroxylation is 1. The summed E-state index contributed by atoms with van der Waals surface area (Å²) in [5.74, 6) is 5.53. The predicted octanol–water partition coefficient (Wildman–Crippen LogP) is 0.126. The van der Waals surface area contributed by atoms with Crippen molar-refractivity contribution in [2.24, 2.45) is 7.05 Å². The average Bonchev–Trinajstić information content (AvgIpc) is 3.20. The van der Waals surface area contributed by atoms with Crippen molar-refractivity contribution in [2.75, 3.05) is 24.5 Å². The standard InChI is InChI=1S/C16H16N6O2/c1-21-11-14(19-20-21)15(23)17-8-2-3-12-4-6-13(7-5-12)22-10-9-18-16(22)24/h4-7,11H,8-10H2,1H3,(H,17,23)(H,18,24). The van der Waals surface area contributed by atoms with Crippen LogP contribution in [0, 0.1) is 11.8 Å². The Morgan fingerprint density at radius 2 is 2.17 bits per heavy atom. The summed E-state index contributed by atoms with van der Waals surface area (Å²) in [6.45, 7) is 1.54. The number of carbonyl (C=O) groups is 2. The van der Waals surface area contributed by atoms with Crippen molar-refractivity contribution in [3.8, 4) is 11.8 Å². The van der Waals surface area contributed by atoms with Crippen molar-refractivity contribution in [3.63, 3.8) is 0 Å². The highest BCUT2D eigenvalue weighted by Crippen LogP contribution is 2.16. The van der Waals surface area contributed by atoms with Crippen LogP contribution in [-0.2, 0) is 7.05 Å². The van der Waals surface area contributed by atoms with Gasteiger partial charge in [-0.3, -0.25) is 14.4 Å². The van der Waals surface area contributed by atoms with E-state index >= 15 is 0 Å². The lowest BCUT2D eigenvalue weighted by molar-refractivity contribution is 0.0953. The van der Waals surface area contributed by atoms with E-state index in [9.17, 15) is 9.59 Å². The number of aromatic nitrogens is 3. The number of nitrogens with zero attached hydrogens (tertiary/aromatic N) is 4. The number of hydrogen-bond donors (Lipinski definition) is 2. The van der Waals surface area contributed by atoms with Crippen molar-refractivity contribution >= 4 is 17.6 Å². The first-order valence-electron chi connectivity index (χ1n) is 7.42. The summed E-state index contributed by atoms with van der Waals surface area (Å²) < 4.78 is 1.46. The highest BCUT2D eigenvalue weighted by atomic mass is 16.2. The van der Waals surface area contributed by atoms with E-state index in [1.54, 1.807) is 11.9 Å². The molecule has 8 heteroatoms. The summed E-state index contributed by atoms with van der Waals surface area (Å²) in [4.78, 5) is 25.0. The van der Waals surface area contributed by atoms with Crippen molar-refractivity contribution in [1.82, 2.24) is 25.6 Å². The van der Waals surface area contributed by atoms with Gasteiger partial charge in [0.2, 0.25) is 0 Å². The van der Waals surface area contributed by atoms with Crippen LogP contribution in [0.15, 0.2) is 30.5 Å². The Hall–Kier alpha value is -3.34. The third-order valence-electron chi connectivity index (χ3n) is 3.44. The fraction of sp³-hybridized carbons (Fsp3) is 0.250. The molecule has 122 valence electrons. The smallest absolute Gasteiger partial charge is 0.321 e. The molecule has 1 aromatic carbocycles. The van der Waals surface area contributed by atoms with E-state index in [-0.39, 0.29) is 24.2 Å². The molecule has 3 amide bonds. The highest BCUT2D eigenvalue weighted by molar-refractivity contribution is 5.94. The number of urea groups is 1. The molecule has 1 saturated heterocycles. The van der Waals surface area contributed by atoms with Gasteiger partial charge in [0.25, 0.3) is 5.91 Å². The van der Waals surface area contributed by atoms with Crippen molar-refractivity contribution in [3.05, 3.63) is 41.7 Å². The first kappa shape index (κ1) is 15.6. The summed E-state index contributed by atoms with van der Waals surface area (Å²) in [6, 6.07) is 7.32. The van der Waals surface area contributed by atoms with Gasteiger partial charge in [-0.15, -0.1) is 5.10 Å². The maximum absolute atomic E-state index is 11.8. The molecule has 3 rings (SSSR count). The monoisotopic (exact) mass is 324 g/mol. The zero-order valence-corrected chi connectivity index (χ0v) is 13.1. The Morgan fingerprint density at radius 1 is 1.38 bits per heavy atom. The molecule has 0 aliphatic carbocycles. The second-order valence-electron chi connectivity index (χ2n) is 5.19. The number of rotatable bonds is 3. The van der Waals surface area contributed by atoms with Crippen LogP contribution in [0.5, 0.6) is 0 Å². The SMILES string of the molecule is Cn1cc(C(=O)NCC#Cc2ccc(N3CCNC3=O)cc2)nn1. The average molecular weight is 324 g/mol. The molecule has 2 N–H and O–H groups in total. The molecule has 24 heavy (non-hydrogen) atoms. The highest BCUT2D eigenvalue weighted by Gasteiger charge is 2.20. The minimum Gasteiger partial charge on any atom is -0.340 e. The van der Waals surface area contributed by atoms with E-state index in [4.69, 9.17) is 0 Å². The second-order valence-corrected chi connectivity index (χ2v) is 5.19. The third-order valence-corrected chi connectivity index (χ3v) is 3.44. The molecule has 0 spiro atoms. The largest absolute Gasteiger partial charge is 0.340 e. The van der Waals surface area contributed by atoms with Gasteiger partial charge in [-0.1, -0.05) is 17.1 Å². The van der Waals surface area contributed by atoms with Crippen LogP contribution in [0.3, 0.4) is 0 Å². The normalized spacial score (nSPS) is 13.2. The third kappa shape index (κ3) is 3.52. The van der Waals surface area contributed by atoms with Gasteiger partial charge in [0.15, 0.2) is 5.69 Å². The van der Waals surface area contributed by atoms with Gasteiger partial charge >= 0.3 is 6.03 Å². The number of benzene rings is 1. The summed E-state index contributed by atoms with van der Waals surface area (Å²) in [5, 5.41) is 12.8. The summed E-state index contributed by atoms with van der Waals surface area (Å²) >= 11 is 0. The Morgan fingerprint density at radius 3 is 2.79 bits per heavy atom. The van der Waals surface area contributed by atoms with Crippen molar-refractivity contribution < 1.29 is 9.59 Å². The van der Waals surface area contributed by atoms with Crippen molar-refractivity contribution in [2.45, 2.75) is 0 Å². The van der Waals surface area contributed by atoms with Crippen LogP contribution in [-0.4, -0.2) is 46.6 Å². The molecule has 0 radical (unpaired) electrons. The van der Waals surface area contributed by atoms with Crippen LogP contribution in [0.1, 0.15) is 16.1 Å². The summed E-state index contributed by atoms with van der Waals surface area (Å²) in [5.41, 5.74) is 1.91. The molecule has 1 aliphatic heterocycles. The zero-order chi connectivity index (χ0) is 16.9. The number of nitrogens with one attached hydrogen (secondary N) is 2. The molecular formula is C16H16N6O2. The Labute approximate surface area is 138 Å². The molecule has 0 unspecified atom stereocenters. The quantitative estimate of drug-likeness (QED) is 0.785. The van der Waals surface area contributed by atoms with E-state index in [1.165, 1.54) is 10.9 Å². The molecule has 1 fully saturated rings. The van der Waals surface area contributed by atoms with Crippen LogP contribution >= 0.6 is 0 Å². The van der Waals surface area contributed by atoms with Crippen LogP contribution in [0.25, 0.3) is 0 Å². The number of amides is 3. The molecule has 8 nitrogen and oxygen atoms in total. The van der Waals surface area contributed by atoms with Crippen LogP contribution in [0.2, 0.25) is 0 Å². The van der Waals surface area contributed by atoms with Crippen LogP contribution < -0.4 is 15.5 Å². The number of carbonyl (C=O) groups excluding carboxylic acids is 2. The molecule has 2 heterocycles. The lowest BCUT2D eigenvalue weighted by Gasteiger charge is -2.13.